The summed E-state index contributed by atoms with van der Waals surface area (Å²) in [5.74, 6) is 0. The fourth-order valence-electron chi connectivity index (χ4n) is 2.85. The van der Waals surface area contributed by atoms with E-state index in [1.165, 1.54) is 51.8 Å². The third-order valence-electron chi connectivity index (χ3n) is 4.37. The van der Waals surface area contributed by atoms with E-state index in [9.17, 15) is 4.79 Å². The number of nitrogens with two attached hydrogens (primary N) is 1. The third kappa shape index (κ3) is 10.7. The van der Waals surface area contributed by atoms with Crippen LogP contribution in [0.5, 0.6) is 0 Å². The van der Waals surface area contributed by atoms with E-state index in [2.05, 4.69) is 26.1 Å². The number of hydrogen-bond donors (Lipinski definition) is 2. The predicted molar refractivity (Wildman–Crippen MR) is 97.9 cm³/mol. The zero-order valence-electron chi connectivity index (χ0n) is 15.1. The Morgan fingerprint density at radius 1 is 0.955 bits per heavy atom. The molecule has 0 aromatic carbocycles. The molecule has 3 N–H and O–H groups in total. The molecule has 132 valence electrons. The minimum atomic E-state index is -2.25. The van der Waals surface area contributed by atoms with Crippen molar-refractivity contribution in [3.05, 3.63) is 0 Å². The van der Waals surface area contributed by atoms with Gasteiger partial charge in [-0.2, -0.15) is 0 Å². The quantitative estimate of drug-likeness (QED) is 0.322. The van der Waals surface area contributed by atoms with Crippen molar-refractivity contribution in [2.75, 3.05) is 17.7 Å². The van der Waals surface area contributed by atoms with Crippen LogP contribution >= 0.6 is 0 Å². The van der Waals surface area contributed by atoms with Gasteiger partial charge < -0.3 is 0 Å². The van der Waals surface area contributed by atoms with Gasteiger partial charge in [0.05, 0.1) is 0 Å². The van der Waals surface area contributed by atoms with Gasteiger partial charge in [0.25, 0.3) is 0 Å². The second kappa shape index (κ2) is 14.6. The topological polar surface area (TPSA) is 64.3 Å². The summed E-state index contributed by atoms with van der Waals surface area (Å²) in [6.07, 6.45) is 8.27. The Kier molecular flexibility index (Phi) is 14.6. The average molecular weight is 421 g/mol. The molecule has 0 rings (SSSR count). The van der Waals surface area contributed by atoms with Crippen LogP contribution in [0.2, 0.25) is 13.3 Å². The zero-order chi connectivity index (χ0) is 16.7. The minimum absolute atomic E-state index is 0.237. The summed E-state index contributed by atoms with van der Waals surface area (Å²) in [6, 6.07) is 0. The maximum atomic E-state index is 11.8. The molecule has 0 spiro atoms. The Balaban J connectivity index is 4.53. The van der Waals surface area contributed by atoms with Gasteiger partial charge in [0.15, 0.2) is 0 Å². The van der Waals surface area contributed by atoms with E-state index in [1.54, 1.807) is 0 Å². The van der Waals surface area contributed by atoms with Crippen molar-refractivity contribution in [2.24, 2.45) is 5.73 Å². The Morgan fingerprint density at radius 3 is 1.86 bits per heavy atom. The van der Waals surface area contributed by atoms with Crippen LogP contribution in [-0.4, -0.2) is 42.2 Å². The van der Waals surface area contributed by atoms with Gasteiger partial charge in [-0.05, 0) is 0 Å². The molecule has 0 saturated heterocycles. The molecule has 0 aliphatic heterocycles. The van der Waals surface area contributed by atoms with E-state index in [0.29, 0.717) is 13.2 Å². The number of carbonyl (C=O) groups is 1. The van der Waals surface area contributed by atoms with Crippen LogP contribution in [0.15, 0.2) is 0 Å². The van der Waals surface area contributed by atoms with Gasteiger partial charge in [0.1, 0.15) is 0 Å². The monoisotopic (exact) mass is 422 g/mol. The molecule has 0 aromatic heterocycles. The molecule has 5 heteroatoms. The molecule has 1 amide bonds. The Bertz CT molecular complexity index is 254. The Labute approximate surface area is 141 Å². The van der Waals surface area contributed by atoms with E-state index in [-0.39, 0.29) is 6.09 Å². The fraction of sp³-hybridized carbons (Fsp3) is 0.941. The number of amides is 1. The van der Waals surface area contributed by atoms with Gasteiger partial charge in [0.2, 0.25) is 0 Å². The van der Waals surface area contributed by atoms with Crippen molar-refractivity contribution < 1.29 is 9.53 Å². The van der Waals surface area contributed by atoms with Crippen LogP contribution < -0.4 is 11.1 Å². The van der Waals surface area contributed by atoms with E-state index in [0.717, 1.165) is 11.0 Å². The van der Waals surface area contributed by atoms with Crippen molar-refractivity contribution >= 4 is 24.5 Å². The molecule has 22 heavy (non-hydrogen) atoms. The first-order valence-corrected chi connectivity index (χ1v) is 17.3. The molecule has 0 fully saturated rings. The van der Waals surface area contributed by atoms with Crippen molar-refractivity contribution in [3.63, 3.8) is 0 Å². The molecule has 0 atom stereocenters. The van der Waals surface area contributed by atoms with Crippen LogP contribution in [-0.2, 0) is 4.74 Å². The summed E-state index contributed by atoms with van der Waals surface area (Å²) in [6.45, 7) is 7.81. The number of hydrogen-bond acceptors (Lipinski definition) is 3. The van der Waals surface area contributed by atoms with Crippen LogP contribution in [0.1, 0.15) is 65.7 Å². The number of ether oxygens (including phenoxy) is 1. The summed E-state index contributed by atoms with van der Waals surface area (Å²) in [5, 5.41) is 3.10. The van der Waals surface area contributed by atoms with Crippen LogP contribution in [0.4, 0.5) is 4.79 Å². The molecule has 0 heterocycles. The molecule has 4 nitrogen and oxygen atoms in total. The molecule has 0 radical (unpaired) electrons. The molecule has 0 unspecified atom stereocenters. The molecular formula is C17H38N2O2Sn. The third-order valence-corrected chi connectivity index (χ3v) is 19.1. The summed E-state index contributed by atoms with van der Waals surface area (Å²) in [7, 11) is 0. The molecule has 0 bridgehead atoms. The second-order valence-electron chi connectivity index (χ2n) is 6.44. The van der Waals surface area contributed by atoms with Crippen LogP contribution in [0.25, 0.3) is 0 Å². The molecular weight excluding hydrogens is 383 g/mol. The van der Waals surface area contributed by atoms with E-state index in [4.69, 9.17) is 10.5 Å². The number of nitrogens with one attached hydrogen (secondary N) is 1. The standard InChI is InChI=1S/C5H11N2O2.3C4H9.Sn/c1-7-5(8)9-4-2-3-6;3*1-3-4-2;/h1-4,6H2,(H,7,8);3*1,3-4H2,2H3;. The fourth-order valence-corrected chi connectivity index (χ4v) is 17.4. The summed E-state index contributed by atoms with van der Waals surface area (Å²) < 4.78 is 10.4. The number of unbranched alkanes of at least 4 members (excludes halogenated alkanes) is 3. The van der Waals surface area contributed by atoms with Gasteiger partial charge in [0, 0.05) is 0 Å². The summed E-state index contributed by atoms with van der Waals surface area (Å²) >= 11 is -2.25. The zero-order valence-corrected chi connectivity index (χ0v) is 17.9. The average Bonchev–Trinajstić information content (AvgIpc) is 2.54. The molecule has 0 saturated carbocycles. The van der Waals surface area contributed by atoms with E-state index < -0.39 is 18.4 Å². The first-order valence-electron chi connectivity index (χ1n) is 9.24. The van der Waals surface area contributed by atoms with E-state index >= 15 is 0 Å². The van der Waals surface area contributed by atoms with Gasteiger partial charge in [-0.15, -0.1) is 0 Å². The van der Waals surface area contributed by atoms with Gasteiger partial charge in [-0.25, -0.2) is 0 Å². The van der Waals surface area contributed by atoms with Crippen molar-refractivity contribution in [1.29, 1.82) is 0 Å². The molecule has 0 aliphatic rings. The Hall–Kier alpha value is 0.0287. The predicted octanol–water partition coefficient (Wildman–Crippen LogP) is 4.45. The normalized spacial score (nSPS) is 11.5. The van der Waals surface area contributed by atoms with Crippen molar-refractivity contribution in [2.45, 2.75) is 79.0 Å². The summed E-state index contributed by atoms with van der Waals surface area (Å²) in [4.78, 5) is 11.8. The van der Waals surface area contributed by atoms with Gasteiger partial charge >= 0.3 is 142 Å². The summed E-state index contributed by atoms with van der Waals surface area (Å²) in [5.41, 5.74) is 5.42. The number of carbonyl (C=O) groups excluding carboxylic acids is 1. The number of alkyl carbamates (subject to hydrolysis) is 1. The van der Waals surface area contributed by atoms with Gasteiger partial charge in [-0.1, -0.05) is 0 Å². The SMILES string of the molecule is CCC[CH2][Sn]([CH2]CCC)([CH2]CCC)[CH2]NC(=O)OCCCN. The van der Waals surface area contributed by atoms with Crippen molar-refractivity contribution in [1.82, 2.24) is 5.32 Å². The van der Waals surface area contributed by atoms with Crippen molar-refractivity contribution in [3.8, 4) is 0 Å². The van der Waals surface area contributed by atoms with Crippen LogP contribution in [0, 0.1) is 0 Å². The van der Waals surface area contributed by atoms with Gasteiger partial charge in [-0.3, -0.25) is 0 Å². The van der Waals surface area contributed by atoms with Crippen LogP contribution in [0.3, 0.4) is 0 Å². The second-order valence-corrected chi connectivity index (χ2v) is 20.3. The number of rotatable bonds is 14. The van der Waals surface area contributed by atoms with E-state index in [1.807, 2.05) is 0 Å². The molecule has 0 aliphatic carbocycles. The first-order chi connectivity index (χ1) is 10.6. The first kappa shape index (κ1) is 22.0. The Morgan fingerprint density at radius 2 is 1.45 bits per heavy atom. The maximum absolute atomic E-state index is 11.8. The molecule has 0 aromatic rings.